The summed E-state index contributed by atoms with van der Waals surface area (Å²) < 4.78 is 14.4. The van der Waals surface area contributed by atoms with Gasteiger partial charge in [0, 0.05) is 11.0 Å². The highest BCUT2D eigenvalue weighted by Gasteiger charge is 2.39. The van der Waals surface area contributed by atoms with Crippen molar-refractivity contribution < 1.29 is 4.57 Å². The van der Waals surface area contributed by atoms with Gasteiger partial charge in [-0.25, -0.2) is 0 Å². The maximum Gasteiger partial charge on any atom is 0.154 e. The van der Waals surface area contributed by atoms with Crippen LogP contribution < -0.4 is 5.30 Å². The molecule has 23 heavy (non-hydrogen) atoms. The summed E-state index contributed by atoms with van der Waals surface area (Å²) in [6.45, 7) is 3.89. The molecule has 2 aromatic rings. The summed E-state index contributed by atoms with van der Waals surface area (Å²) in [7, 11) is -2.74. The molecule has 2 heteroatoms. The molecule has 0 spiro atoms. The highest BCUT2D eigenvalue weighted by molar-refractivity contribution is 7.81. The van der Waals surface area contributed by atoms with Gasteiger partial charge in [0.1, 0.15) is 0 Å². The molecule has 1 saturated carbocycles. The topological polar surface area (TPSA) is 17.1 Å². The normalized spacial score (nSPS) is 17.9. The predicted molar refractivity (Wildman–Crippen MR) is 99.5 cm³/mol. The van der Waals surface area contributed by atoms with E-state index in [0.29, 0.717) is 0 Å². The zero-order chi connectivity index (χ0) is 16.1. The van der Waals surface area contributed by atoms with E-state index in [1.165, 1.54) is 19.3 Å². The first-order valence-electron chi connectivity index (χ1n) is 8.38. The van der Waals surface area contributed by atoms with Gasteiger partial charge < -0.3 is 4.57 Å². The average Bonchev–Trinajstić information content (AvgIpc) is 2.64. The second kappa shape index (κ2) is 7.18. The van der Waals surface area contributed by atoms with Crippen LogP contribution in [0.2, 0.25) is 0 Å². The number of hydrogen-bond acceptors (Lipinski definition) is 1. The summed E-state index contributed by atoms with van der Waals surface area (Å²) in [5, 5.41) is 1.75. The van der Waals surface area contributed by atoms with Gasteiger partial charge in [-0.05, 0) is 18.4 Å². The second-order valence-corrected chi connectivity index (χ2v) is 9.19. The van der Waals surface area contributed by atoms with Crippen LogP contribution in [-0.2, 0) is 4.57 Å². The summed E-state index contributed by atoms with van der Waals surface area (Å²) in [5.41, 5.74) is 4.26. The van der Waals surface area contributed by atoms with E-state index >= 15 is 0 Å². The molecule has 3 rings (SSSR count). The Labute approximate surface area is 139 Å². The van der Waals surface area contributed by atoms with Crippen LogP contribution in [0.4, 0.5) is 0 Å². The molecule has 1 atom stereocenters. The van der Waals surface area contributed by atoms with Crippen LogP contribution >= 0.6 is 7.14 Å². The first kappa shape index (κ1) is 16.1. The summed E-state index contributed by atoms with van der Waals surface area (Å²) in [5.74, 6) is 0. The molecule has 0 heterocycles. The molecule has 0 radical (unpaired) electrons. The lowest BCUT2D eigenvalue weighted by Crippen LogP contribution is -2.21. The molecule has 2 aromatic carbocycles. The Bertz CT molecular complexity index is 736. The number of benzene rings is 2. The lowest BCUT2D eigenvalue weighted by Gasteiger charge is -2.32. The van der Waals surface area contributed by atoms with Gasteiger partial charge in [-0.3, -0.25) is 0 Å². The van der Waals surface area contributed by atoms with E-state index in [1.54, 1.807) is 0 Å². The summed E-state index contributed by atoms with van der Waals surface area (Å²) in [6.07, 6.45) is 5.65. The van der Waals surface area contributed by atoms with Gasteiger partial charge in [-0.1, -0.05) is 86.5 Å². The van der Waals surface area contributed by atoms with E-state index in [1.807, 2.05) is 60.7 Å². The van der Waals surface area contributed by atoms with Crippen molar-refractivity contribution in [3.8, 4) is 0 Å². The molecule has 0 bridgehead atoms. The van der Waals surface area contributed by atoms with Crippen molar-refractivity contribution in [2.24, 2.45) is 0 Å². The summed E-state index contributed by atoms with van der Waals surface area (Å²) in [4.78, 5) is 0. The molecule has 0 unspecified atom stereocenters. The van der Waals surface area contributed by atoms with Gasteiger partial charge in [0.05, 0.1) is 5.31 Å². The molecule has 0 saturated heterocycles. The summed E-state index contributed by atoms with van der Waals surface area (Å²) in [6, 6.07) is 20.0. The maximum absolute atomic E-state index is 14.4. The Morgan fingerprint density at radius 1 is 0.913 bits per heavy atom. The Balaban J connectivity index is 2.15. The van der Waals surface area contributed by atoms with Crippen molar-refractivity contribution in [1.29, 1.82) is 0 Å². The van der Waals surface area contributed by atoms with Crippen LogP contribution in [0.5, 0.6) is 0 Å². The van der Waals surface area contributed by atoms with Gasteiger partial charge in [-0.15, -0.1) is 5.73 Å². The van der Waals surface area contributed by atoms with Crippen molar-refractivity contribution in [3.05, 3.63) is 78.5 Å². The van der Waals surface area contributed by atoms with Crippen LogP contribution in [0.25, 0.3) is 5.31 Å². The molecule has 1 fully saturated rings. The fraction of sp³-hybridized carbons (Fsp3) is 0.286. The van der Waals surface area contributed by atoms with Crippen molar-refractivity contribution in [2.75, 3.05) is 0 Å². The fourth-order valence-corrected chi connectivity index (χ4v) is 7.14. The van der Waals surface area contributed by atoms with E-state index in [-0.39, 0.29) is 5.66 Å². The third kappa shape index (κ3) is 3.13. The first-order valence-corrected chi connectivity index (χ1v) is 10.2. The minimum Gasteiger partial charge on any atom is -0.313 e. The van der Waals surface area contributed by atoms with Gasteiger partial charge >= 0.3 is 0 Å². The van der Waals surface area contributed by atoms with Crippen molar-refractivity contribution >= 4 is 17.8 Å². The minimum absolute atomic E-state index is 0.211. The molecule has 1 aliphatic rings. The van der Waals surface area contributed by atoms with E-state index in [9.17, 15) is 4.57 Å². The lowest BCUT2D eigenvalue weighted by molar-refractivity contribution is 0.490. The highest BCUT2D eigenvalue weighted by Crippen LogP contribution is 2.63. The molecular formula is C21H23OP. The fourth-order valence-electron chi connectivity index (χ4n) is 3.62. The Morgan fingerprint density at radius 2 is 1.48 bits per heavy atom. The molecule has 1 aliphatic carbocycles. The first-order chi connectivity index (χ1) is 11.3. The second-order valence-electron chi connectivity index (χ2n) is 6.18. The lowest BCUT2D eigenvalue weighted by atomic mass is 10.0. The van der Waals surface area contributed by atoms with Gasteiger partial charge in [0.2, 0.25) is 0 Å². The van der Waals surface area contributed by atoms with Crippen LogP contribution in [0, 0.1) is 0 Å². The van der Waals surface area contributed by atoms with Crippen LogP contribution in [0.3, 0.4) is 0 Å². The largest absolute Gasteiger partial charge is 0.313 e. The minimum atomic E-state index is -2.74. The third-order valence-corrected chi connectivity index (χ3v) is 8.47. The maximum atomic E-state index is 14.4. The quantitative estimate of drug-likeness (QED) is 0.511. The average molecular weight is 322 g/mol. The van der Waals surface area contributed by atoms with Gasteiger partial charge in [0.25, 0.3) is 0 Å². The van der Waals surface area contributed by atoms with Crippen LogP contribution in [-0.4, -0.2) is 5.66 Å². The number of hydrogen-bond donors (Lipinski definition) is 0. The standard InChI is InChI=1S/C21H23OP/c1-2-21(18-12-6-3-7-13-18)23(22,19-14-8-4-9-15-19)20-16-10-5-11-17-20/h3-4,6-9,12-15,20H,1,5,10-11,16-17H2/t23-/m1/s1. The van der Waals surface area contributed by atoms with E-state index in [4.69, 9.17) is 0 Å². The monoisotopic (exact) mass is 322 g/mol. The number of rotatable bonds is 4. The Morgan fingerprint density at radius 3 is 2.04 bits per heavy atom. The molecule has 0 aliphatic heterocycles. The highest BCUT2D eigenvalue weighted by atomic mass is 31.2. The summed E-state index contributed by atoms with van der Waals surface area (Å²) >= 11 is 0. The van der Waals surface area contributed by atoms with Crippen molar-refractivity contribution in [2.45, 2.75) is 37.8 Å². The molecule has 118 valence electrons. The van der Waals surface area contributed by atoms with Crippen molar-refractivity contribution in [3.63, 3.8) is 0 Å². The van der Waals surface area contributed by atoms with Crippen LogP contribution in [0.1, 0.15) is 37.7 Å². The molecule has 0 amide bonds. The van der Waals surface area contributed by atoms with E-state index in [0.717, 1.165) is 29.0 Å². The smallest absolute Gasteiger partial charge is 0.154 e. The molecular weight excluding hydrogens is 299 g/mol. The van der Waals surface area contributed by atoms with Gasteiger partial charge in [0.15, 0.2) is 7.14 Å². The molecule has 1 nitrogen and oxygen atoms in total. The Hall–Kier alpha value is -1.81. The Kier molecular flexibility index (Phi) is 5.01. The zero-order valence-corrected chi connectivity index (χ0v) is 14.3. The van der Waals surface area contributed by atoms with Gasteiger partial charge in [-0.2, -0.15) is 0 Å². The molecule has 0 N–H and O–H groups in total. The molecule has 0 aromatic heterocycles. The van der Waals surface area contributed by atoms with Crippen LogP contribution in [0.15, 0.2) is 73.0 Å². The predicted octanol–water partition coefficient (Wildman–Crippen LogP) is 5.83. The SMILES string of the molecule is C=C=C(c1ccccc1)[P@@](=O)(c1ccccc1)C1CCCCC1. The third-order valence-electron chi connectivity index (χ3n) is 4.78. The van der Waals surface area contributed by atoms with E-state index in [2.05, 4.69) is 12.3 Å². The zero-order valence-electron chi connectivity index (χ0n) is 13.4. The van der Waals surface area contributed by atoms with E-state index < -0.39 is 7.14 Å². The van der Waals surface area contributed by atoms with Crippen molar-refractivity contribution in [1.82, 2.24) is 0 Å².